The van der Waals surface area contributed by atoms with Crippen molar-refractivity contribution in [1.29, 1.82) is 0 Å². The van der Waals surface area contributed by atoms with E-state index < -0.39 is 9.84 Å². The molecule has 0 N–H and O–H groups in total. The average Bonchev–Trinajstić information content (AvgIpc) is 2.48. The Labute approximate surface area is 122 Å². The molecule has 1 saturated heterocycles. The van der Waals surface area contributed by atoms with Gasteiger partial charge in [-0.05, 0) is 50.0 Å². The van der Waals surface area contributed by atoms with Crippen LogP contribution in [-0.2, 0) is 9.84 Å². The molecule has 2 rings (SSSR count). The standard InChI is InChI=1S/C16H25NO2S/c1-3-11-17-12-6-5-10-16(17)14-8-7-9-15(13-14)20(18,19)4-2/h7-9,13,16H,3-6,10-12H2,1-2H3. The summed E-state index contributed by atoms with van der Waals surface area (Å²) in [5.74, 6) is 0.166. The van der Waals surface area contributed by atoms with Gasteiger partial charge in [-0.25, -0.2) is 8.42 Å². The van der Waals surface area contributed by atoms with Crippen LogP contribution in [0.4, 0.5) is 0 Å². The molecule has 1 unspecified atom stereocenters. The topological polar surface area (TPSA) is 37.4 Å². The van der Waals surface area contributed by atoms with E-state index in [2.05, 4.69) is 17.9 Å². The van der Waals surface area contributed by atoms with E-state index in [0.29, 0.717) is 10.9 Å². The summed E-state index contributed by atoms with van der Waals surface area (Å²) in [4.78, 5) is 2.97. The van der Waals surface area contributed by atoms with E-state index in [0.717, 1.165) is 31.5 Å². The van der Waals surface area contributed by atoms with Crippen LogP contribution in [0.2, 0.25) is 0 Å². The fraction of sp³-hybridized carbons (Fsp3) is 0.625. The van der Waals surface area contributed by atoms with Gasteiger partial charge in [-0.1, -0.05) is 32.4 Å². The van der Waals surface area contributed by atoms with E-state index in [-0.39, 0.29) is 5.75 Å². The van der Waals surface area contributed by atoms with Gasteiger partial charge in [0.1, 0.15) is 0 Å². The van der Waals surface area contributed by atoms with Gasteiger partial charge in [0.05, 0.1) is 10.6 Å². The number of rotatable bonds is 5. The molecular formula is C16H25NO2S. The van der Waals surface area contributed by atoms with Crippen molar-refractivity contribution in [3.8, 4) is 0 Å². The summed E-state index contributed by atoms with van der Waals surface area (Å²) >= 11 is 0. The highest BCUT2D eigenvalue weighted by Gasteiger charge is 2.24. The molecule has 20 heavy (non-hydrogen) atoms. The number of nitrogens with zero attached hydrogens (tertiary/aromatic N) is 1. The van der Waals surface area contributed by atoms with E-state index in [9.17, 15) is 8.42 Å². The molecule has 112 valence electrons. The van der Waals surface area contributed by atoms with Crippen LogP contribution in [-0.4, -0.2) is 32.2 Å². The summed E-state index contributed by atoms with van der Waals surface area (Å²) in [7, 11) is -3.11. The van der Waals surface area contributed by atoms with Crippen molar-refractivity contribution < 1.29 is 8.42 Å². The normalized spacial score (nSPS) is 21.0. The highest BCUT2D eigenvalue weighted by atomic mass is 32.2. The van der Waals surface area contributed by atoms with Crippen molar-refractivity contribution in [2.24, 2.45) is 0 Å². The van der Waals surface area contributed by atoms with Gasteiger partial charge in [0, 0.05) is 6.04 Å². The summed E-state index contributed by atoms with van der Waals surface area (Å²) in [6.45, 7) is 6.12. The third-order valence-corrected chi connectivity index (χ3v) is 5.84. The third-order valence-electron chi connectivity index (χ3n) is 4.11. The molecule has 1 heterocycles. The molecule has 0 radical (unpaired) electrons. The summed E-state index contributed by atoms with van der Waals surface area (Å²) in [5.41, 5.74) is 1.16. The van der Waals surface area contributed by atoms with Crippen LogP contribution >= 0.6 is 0 Å². The van der Waals surface area contributed by atoms with Crippen LogP contribution < -0.4 is 0 Å². The van der Waals surface area contributed by atoms with Crippen LogP contribution in [0.15, 0.2) is 29.2 Å². The second-order valence-electron chi connectivity index (χ2n) is 5.52. The molecular weight excluding hydrogens is 270 g/mol. The van der Waals surface area contributed by atoms with Gasteiger partial charge < -0.3 is 0 Å². The first-order valence-electron chi connectivity index (χ1n) is 7.65. The van der Waals surface area contributed by atoms with Crippen LogP contribution in [0, 0.1) is 0 Å². The van der Waals surface area contributed by atoms with E-state index in [1.807, 2.05) is 12.1 Å². The van der Waals surface area contributed by atoms with Gasteiger partial charge in [0.2, 0.25) is 0 Å². The van der Waals surface area contributed by atoms with Gasteiger partial charge in [0.25, 0.3) is 0 Å². The van der Waals surface area contributed by atoms with Crippen LogP contribution in [0.5, 0.6) is 0 Å². The van der Waals surface area contributed by atoms with Gasteiger partial charge in [-0.2, -0.15) is 0 Å². The predicted molar refractivity (Wildman–Crippen MR) is 82.6 cm³/mol. The molecule has 1 atom stereocenters. The molecule has 0 saturated carbocycles. The van der Waals surface area contributed by atoms with Crippen LogP contribution in [0.25, 0.3) is 0 Å². The number of hydrogen-bond acceptors (Lipinski definition) is 3. The molecule has 0 amide bonds. The lowest BCUT2D eigenvalue weighted by Crippen LogP contribution is -2.34. The van der Waals surface area contributed by atoms with E-state index in [1.54, 1.807) is 13.0 Å². The minimum atomic E-state index is -3.11. The molecule has 0 bridgehead atoms. The number of piperidine rings is 1. The number of hydrogen-bond donors (Lipinski definition) is 0. The Morgan fingerprint density at radius 3 is 2.75 bits per heavy atom. The first-order valence-corrected chi connectivity index (χ1v) is 9.30. The number of benzene rings is 1. The van der Waals surface area contributed by atoms with Crippen LogP contribution in [0.3, 0.4) is 0 Å². The highest BCUT2D eigenvalue weighted by Crippen LogP contribution is 2.32. The molecule has 0 aliphatic carbocycles. The summed E-state index contributed by atoms with van der Waals surface area (Å²) in [6.07, 6.45) is 4.76. The monoisotopic (exact) mass is 295 g/mol. The van der Waals surface area contributed by atoms with Gasteiger partial charge in [0.15, 0.2) is 9.84 Å². The molecule has 1 aliphatic rings. The van der Waals surface area contributed by atoms with Gasteiger partial charge in [-0.3, -0.25) is 4.90 Å². The third kappa shape index (κ3) is 3.41. The zero-order chi connectivity index (χ0) is 14.6. The van der Waals surface area contributed by atoms with Crippen molar-refractivity contribution in [2.75, 3.05) is 18.8 Å². The second-order valence-corrected chi connectivity index (χ2v) is 7.80. The lowest BCUT2D eigenvalue weighted by atomic mass is 9.95. The Bertz CT molecular complexity index is 537. The molecule has 0 spiro atoms. The summed E-state index contributed by atoms with van der Waals surface area (Å²) in [6, 6.07) is 7.95. The summed E-state index contributed by atoms with van der Waals surface area (Å²) in [5, 5.41) is 0. The Morgan fingerprint density at radius 2 is 2.05 bits per heavy atom. The van der Waals surface area contributed by atoms with E-state index in [4.69, 9.17) is 0 Å². The van der Waals surface area contributed by atoms with Crippen molar-refractivity contribution in [3.05, 3.63) is 29.8 Å². The van der Waals surface area contributed by atoms with Crippen molar-refractivity contribution in [3.63, 3.8) is 0 Å². The maximum absolute atomic E-state index is 12.0. The fourth-order valence-electron chi connectivity index (χ4n) is 3.01. The summed E-state index contributed by atoms with van der Waals surface area (Å²) < 4.78 is 24.1. The van der Waals surface area contributed by atoms with Crippen molar-refractivity contribution in [2.45, 2.75) is 50.5 Å². The van der Waals surface area contributed by atoms with Crippen molar-refractivity contribution >= 4 is 9.84 Å². The zero-order valence-electron chi connectivity index (χ0n) is 12.5. The van der Waals surface area contributed by atoms with Gasteiger partial charge in [-0.15, -0.1) is 0 Å². The SMILES string of the molecule is CCCN1CCCCC1c1cccc(S(=O)(=O)CC)c1. The maximum Gasteiger partial charge on any atom is 0.178 e. The van der Waals surface area contributed by atoms with Gasteiger partial charge >= 0.3 is 0 Å². The first-order chi connectivity index (χ1) is 9.58. The minimum Gasteiger partial charge on any atom is -0.296 e. The van der Waals surface area contributed by atoms with E-state index in [1.165, 1.54) is 12.8 Å². The van der Waals surface area contributed by atoms with Crippen molar-refractivity contribution in [1.82, 2.24) is 4.90 Å². The second kappa shape index (κ2) is 6.72. The number of sulfone groups is 1. The molecule has 1 aliphatic heterocycles. The Morgan fingerprint density at radius 1 is 1.25 bits per heavy atom. The molecule has 0 aromatic heterocycles. The Kier molecular flexibility index (Phi) is 5.22. The Balaban J connectivity index is 2.29. The number of likely N-dealkylation sites (tertiary alicyclic amines) is 1. The smallest absolute Gasteiger partial charge is 0.178 e. The largest absolute Gasteiger partial charge is 0.296 e. The predicted octanol–water partition coefficient (Wildman–Crippen LogP) is 3.42. The molecule has 1 aromatic rings. The zero-order valence-corrected chi connectivity index (χ0v) is 13.3. The van der Waals surface area contributed by atoms with E-state index >= 15 is 0 Å². The molecule has 4 heteroatoms. The minimum absolute atomic E-state index is 0.166. The first kappa shape index (κ1) is 15.5. The molecule has 3 nitrogen and oxygen atoms in total. The highest BCUT2D eigenvalue weighted by molar-refractivity contribution is 7.91. The quantitative estimate of drug-likeness (QED) is 0.835. The Hall–Kier alpha value is -0.870. The fourth-order valence-corrected chi connectivity index (χ4v) is 3.94. The lowest BCUT2D eigenvalue weighted by molar-refractivity contribution is 0.149. The molecule has 1 fully saturated rings. The average molecular weight is 295 g/mol. The maximum atomic E-state index is 12.0. The lowest BCUT2D eigenvalue weighted by Gasteiger charge is -2.36. The van der Waals surface area contributed by atoms with Crippen LogP contribution in [0.1, 0.15) is 51.1 Å². The molecule has 1 aromatic carbocycles.